The zero-order chi connectivity index (χ0) is 21.3. The van der Waals surface area contributed by atoms with Crippen molar-refractivity contribution in [3.05, 3.63) is 59.7 Å². The maximum Gasteiger partial charge on any atom is 0.259 e. The van der Waals surface area contributed by atoms with Crippen LogP contribution >= 0.6 is 11.8 Å². The Kier molecular flexibility index (Phi) is 5.72. The molecule has 2 aliphatic rings. The molecule has 0 bridgehead atoms. The molecule has 2 atom stereocenters. The molecule has 6 nitrogen and oxygen atoms in total. The summed E-state index contributed by atoms with van der Waals surface area (Å²) >= 11 is 1.28. The third-order valence-electron chi connectivity index (χ3n) is 5.16. The number of hydrogen-bond donors (Lipinski definition) is 1. The number of carbonyl (C=O) groups is 2. The fraction of sp³-hybridized carbons (Fsp3) is 0.304. The van der Waals surface area contributed by atoms with Gasteiger partial charge in [0.2, 0.25) is 5.91 Å². The Labute approximate surface area is 180 Å². The average molecular weight is 421 g/mol. The van der Waals surface area contributed by atoms with Gasteiger partial charge in [-0.25, -0.2) is 9.89 Å². The molecular weight excluding hydrogens is 396 g/mol. The average Bonchev–Trinajstić information content (AvgIpc) is 3.07. The number of nitrogens with zero attached hydrogens (tertiary/aromatic N) is 3. The maximum absolute atomic E-state index is 13.1. The number of para-hydroxylation sites is 2. The van der Waals surface area contributed by atoms with Crippen molar-refractivity contribution in [3.8, 4) is 0 Å². The van der Waals surface area contributed by atoms with Gasteiger partial charge in [-0.05, 0) is 44.0 Å². The number of nitrogens with one attached hydrogen (secondary N) is 1. The summed E-state index contributed by atoms with van der Waals surface area (Å²) in [6, 6.07) is 14.9. The lowest BCUT2D eigenvalue weighted by Crippen LogP contribution is -2.42. The summed E-state index contributed by atoms with van der Waals surface area (Å²) in [5.74, 6) is 0.434. The zero-order valence-corrected chi connectivity index (χ0v) is 18.1. The number of anilines is 1. The van der Waals surface area contributed by atoms with E-state index in [2.05, 4.69) is 5.32 Å². The molecule has 0 fully saturated rings. The van der Waals surface area contributed by atoms with Crippen LogP contribution in [-0.4, -0.2) is 39.0 Å². The van der Waals surface area contributed by atoms with Gasteiger partial charge in [0.05, 0.1) is 10.9 Å². The molecule has 2 heterocycles. The van der Waals surface area contributed by atoms with Crippen molar-refractivity contribution >= 4 is 46.0 Å². The van der Waals surface area contributed by atoms with Gasteiger partial charge < -0.3 is 5.32 Å². The van der Waals surface area contributed by atoms with Crippen LogP contribution in [-0.2, 0) is 9.59 Å². The predicted molar refractivity (Wildman–Crippen MR) is 122 cm³/mol. The van der Waals surface area contributed by atoms with Gasteiger partial charge in [-0.15, -0.1) is 0 Å². The number of hydrogen-bond acceptors (Lipinski definition) is 5. The van der Waals surface area contributed by atoms with Gasteiger partial charge in [-0.2, -0.15) is 0 Å². The molecule has 0 aliphatic carbocycles. The van der Waals surface area contributed by atoms with Crippen LogP contribution in [0.5, 0.6) is 0 Å². The molecule has 0 unspecified atom stereocenters. The smallest absolute Gasteiger partial charge is 0.259 e. The highest BCUT2D eigenvalue weighted by molar-refractivity contribution is 8.15. The molecule has 154 valence electrons. The molecule has 2 aromatic rings. The van der Waals surface area contributed by atoms with Crippen LogP contribution in [0.1, 0.15) is 37.8 Å². The molecule has 4 rings (SSSR count). The Morgan fingerprint density at radius 1 is 1.20 bits per heavy atom. The maximum atomic E-state index is 13.1. The van der Waals surface area contributed by atoms with Gasteiger partial charge in [0.1, 0.15) is 11.9 Å². The highest BCUT2D eigenvalue weighted by Crippen LogP contribution is 2.35. The molecule has 2 aromatic carbocycles. The fourth-order valence-electron chi connectivity index (χ4n) is 3.50. The molecule has 0 spiro atoms. The van der Waals surface area contributed by atoms with Crippen molar-refractivity contribution in [1.29, 1.82) is 0 Å². The van der Waals surface area contributed by atoms with Gasteiger partial charge in [-0.3, -0.25) is 14.6 Å². The largest absolute Gasteiger partial charge is 0.325 e. The molecule has 2 aliphatic heterocycles. The van der Waals surface area contributed by atoms with E-state index in [1.54, 1.807) is 4.90 Å². The summed E-state index contributed by atoms with van der Waals surface area (Å²) in [6.07, 6.45) is 1.57. The van der Waals surface area contributed by atoms with Gasteiger partial charge >= 0.3 is 0 Å². The van der Waals surface area contributed by atoms with Crippen molar-refractivity contribution < 1.29 is 9.59 Å². The van der Waals surface area contributed by atoms with E-state index in [0.29, 0.717) is 17.4 Å². The number of carbonyl (C=O) groups excluding carboxylic acids is 2. The van der Waals surface area contributed by atoms with E-state index in [0.717, 1.165) is 28.9 Å². The van der Waals surface area contributed by atoms with E-state index in [4.69, 9.17) is 9.98 Å². The number of thioether (sulfide) groups is 1. The standard InChI is InChI=1S/C23H24N4O2S/c1-4-9-19-22(29)27-20(24-19)16-11-6-8-13-18(16)26-23(27)30-15(3)21(28)25-17-12-7-5-10-14(17)2/h5-8,10-13,15,19H,4,9H2,1-3H3,(H,25,28)/t15-,19-/m0/s1. The van der Waals surface area contributed by atoms with Gasteiger partial charge in [-0.1, -0.05) is 55.4 Å². The Hall–Kier alpha value is -2.93. The van der Waals surface area contributed by atoms with Crippen LogP contribution in [0.2, 0.25) is 0 Å². The SMILES string of the molecule is CCC[C@@H]1N=C2c3ccccc3N=C(S[C@@H](C)C(=O)Nc3ccccc3C)N2C1=O. The van der Waals surface area contributed by atoms with Crippen molar-refractivity contribution in [3.63, 3.8) is 0 Å². The van der Waals surface area contributed by atoms with Crippen molar-refractivity contribution in [2.45, 2.75) is 44.9 Å². The number of rotatable bonds is 5. The molecule has 30 heavy (non-hydrogen) atoms. The Morgan fingerprint density at radius 3 is 2.70 bits per heavy atom. The van der Waals surface area contributed by atoms with E-state index >= 15 is 0 Å². The van der Waals surface area contributed by atoms with Crippen molar-refractivity contribution in [2.24, 2.45) is 9.98 Å². The highest BCUT2D eigenvalue weighted by atomic mass is 32.2. The predicted octanol–water partition coefficient (Wildman–Crippen LogP) is 4.51. The zero-order valence-electron chi connectivity index (χ0n) is 17.3. The Morgan fingerprint density at radius 2 is 1.93 bits per heavy atom. The monoisotopic (exact) mass is 420 g/mol. The van der Waals surface area contributed by atoms with Crippen LogP contribution in [0.15, 0.2) is 58.5 Å². The molecule has 0 saturated carbocycles. The van der Waals surface area contributed by atoms with Crippen LogP contribution in [0.25, 0.3) is 0 Å². The third kappa shape index (κ3) is 3.77. The topological polar surface area (TPSA) is 74.1 Å². The van der Waals surface area contributed by atoms with Crippen molar-refractivity contribution in [1.82, 2.24) is 4.90 Å². The number of benzene rings is 2. The molecule has 0 aromatic heterocycles. The third-order valence-corrected chi connectivity index (χ3v) is 6.22. The number of aryl methyl sites for hydroxylation is 1. The van der Waals surface area contributed by atoms with Crippen LogP contribution in [0, 0.1) is 6.92 Å². The van der Waals surface area contributed by atoms with E-state index in [1.807, 2.05) is 69.3 Å². The second kappa shape index (κ2) is 8.44. The second-order valence-corrected chi connectivity index (χ2v) is 8.71. The number of aliphatic imine (C=N–C) groups is 2. The summed E-state index contributed by atoms with van der Waals surface area (Å²) in [4.78, 5) is 36.9. The minimum atomic E-state index is -0.437. The van der Waals surface area contributed by atoms with E-state index < -0.39 is 11.3 Å². The minimum absolute atomic E-state index is 0.0703. The first-order valence-corrected chi connectivity index (χ1v) is 11.0. The molecular formula is C23H24N4O2S. The molecule has 1 N–H and O–H groups in total. The first-order chi connectivity index (χ1) is 14.5. The summed E-state index contributed by atoms with van der Waals surface area (Å²) in [7, 11) is 0. The molecule has 0 radical (unpaired) electrons. The number of fused-ring (bicyclic) bond motifs is 3. The molecule has 2 amide bonds. The van der Waals surface area contributed by atoms with Crippen LogP contribution < -0.4 is 5.32 Å². The van der Waals surface area contributed by atoms with Gasteiger partial charge in [0, 0.05) is 11.3 Å². The van der Waals surface area contributed by atoms with Gasteiger partial charge in [0.15, 0.2) is 5.17 Å². The minimum Gasteiger partial charge on any atom is -0.325 e. The second-order valence-electron chi connectivity index (χ2n) is 7.41. The number of amidine groups is 2. The summed E-state index contributed by atoms with van der Waals surface area (Å²) in [6.45, 7) is 5.82. The molecule has 7 heteroatoms. The number of amides is 2. The Balaban J connectivity index is 1.59. The molecule has 0 saturated heterocycles. The fourth-order valence-corrected chi connectivity index (χ4v) is 4.42. The van der Waals surface area contributed by atoms with E-state index in [9.17, 15) is 9.59 Å². The summed E-state index contributed by atoms with van der Waals surface area (Å²) < 4.78 is 0. The Bertz CT molecular complexity index is 1060. The summed E-state index contributed by atoms with van der Waals surface area (Å²) in [5.41, 5.74) is 3.41. The lowest BCUT2D eigenvalue weighted by molar-refractivity contribution is -0.124. The van der Waals surface area contributed by atoms with Crippen LogP contribution in [0.4, 0.5) is 11.4 Å². The summed E-state index contributed by atoms with van der Waals surface area (Å²) in [5, 5.41) is 3.04. The van der Waals surface area contributed by atoms with Crippen molar-refractivity contribution in [2.75, 3.05) is 5.32 Å². The lowest BCUT2D eigenvalue weighted by Gasteiger charge is -2.27. The first-order valence-electron chi connectivity index (χ1n) is 10.1. The van der Waals surface area contributed by atoms with Gasteiger partial charge in [0.25, 0.3) is 5.91 Å². The van der Waals surface area contributed by atoms with E-state index in [-0.39, 0.29) is 11.8 Å². The quantitative estimate of drug-likeness (QED) is 0.773. The first kappa shape index (κ1) is 20.3. The van der Waals surface area contributed by atoms with Crippen LogP contribution in [0.3, 0.4) is 0 Å². The highest BCUT2D eigenvalue weighted by Gasteiger charge is 2.41. The lowest BCUT2D eigenvalue weighted by atomic mass is 10.1. The normalized spacial score (nSPS) is 18.3. The van der Waals surface area contributed by atoms with E-state index in [1.165, 1.54) is 11.8 Å².